The maximum atomic E-state index is 12.6. The highest BCUT2D eigenvalue weighted by atomic mass is 16.5. The van der Waals surface area contributed by atoms with Crippen LogP contribution in [0.5, 0.6) is 0 Å². The van der Waals surface area contributed by atoms with Crippen LogP contribution in [0.25, 0.3) is 0 Å². The van der Waals surface area contributed by atoms with E-state index in [0.717, 1.165) is 32.1 Å². The molecular formula is C53H91N3O16. The number of nitrogens with one attached hydrogen (secondary N) is 3. The Hall–Kier alpha value is -3.59. The third kappa shape index (κ3) is 19.9. The Morgan fingerprint density at radius 3 is 2.06 bits per heavy atom. The van der Waals surface area contributed by atoms with Gasteiger partial charge in [-0.2, -0.15) is 0 Å². The van der Waals surface area contributed by atoms with E-state index in [1.54, 1.807) is 13.8 Å². The van der Waals surface area contributed by atoms with E-state index < -0.39 is 36.1 Å². The minimum atomic E-state index is -1.06. The standard InChI is InChI=1S/C40H67NO11.C13H24N2O5/c1-5-49-17-6-7-28(42)24-51-20-19-50-18-16-41-36(46)12-9-29(43)25-52-30-14-15-39(3)27(21-30)22-34(44)38-32-11-10-31(26(2)8-13-37(47)48)40(32,4)35(45)23-33(38)39;1-3-11(16)14-8-6-5-7-10(13(18)19)15-12(17)9-20-4-2/h26-27,30-35,38,44-45H,5-25H2,1-4H3,(H,41,46)(H,47,48);10H,3-9H2,1-2H3,(H,14,16)(H,15,17)(H,18,19)/t26-,27+,30+,31-,32?,33+,34-,35+,38+,39+,40-;10-/m10/s1. The van der Waals surface area contributed by atoms with E-state index in [2.05, 4.69) is 36.7 Å². The predicted molar refractivity (Wildman–Crippen MR) is 267 cm³/mol. The maximum Gasteiger partial charge on any atom is 0.326 e. The molecule has 12 atom stereocenters. The summed E-state index contributed by atoms with van der Waals surface area (Å²) >= 11 is 0. The van der Waals surface area contributed by atoms with Crippen molar-refractivity contribution < 1.29 is 77.7 Å². The molecule has 0 aromatic rings. The summed E-state index contributed by atoms with van der Waals surface area (Å²) in [5.41, 5.74) is -0.349. The van der Waals surface area contributed by atoms with Gasteiger partial charge in [-0.05, 0) is 137 Å². The van der Waals surface area contributed by atoms with E-state index in [1.807, 2.05) is 6.92 Å². The number of hydrogen-bond acceptors (Lipinski definition) is 14. The Bertz CT molecular complexity index is 1700. The van der Waals surface area contributed by atoms with Crippen LogP contribution in [0.15, 0.2) is 0 Å². The van der Waals surface area contributed by atoms with Gasteiger partial charge in [0.2, 0.25) is 17.7 Å². The van der Waals surface area contributed by atoms with Crippen molar-refractivity contribution in [2.24, 2.45) is 46.3 Å². The fraction of sp³-hybridized carbons (Fsp3) is 0.868. The highest BCUT2D eigenvalue weighted by molar-refractivity contribution is 5.86. The molecule has 0 aromatic heterocycles. The number of carboxylic acids is 2. The third-order valence-electron chi connectivity index (χ3n) is 16.2. The first-order chi connectivity index (χ1) is 34.3. The summed E-state index contributed by atoms with van der Waals surface area (Å²) in [6, 6.07) is -0.912. The monoisotopic (exact) mass is 1030 g/mol. The molecule has 19 nitrogen and oxygen atoms in total. The Kier molecular flexibility index (Phi) is 28.4. The molecule has 0 radical (unpaired) electrons. The lowest BCUT2D eigenvalue weighted by Gasteiger charge is -2.63. The topological polar surface area (TPSA) is 283 Å². The van der Waals surface area contributed by atoms with Gasteiger partial charge in [-0.3, -0.25) is 28.8 Å². The number of ether oxygens (including phenoxy) is 5. The Morgan fingerprint density at radius 1 is 0.653 bits per heavy atom. The van der Waals surface area contributed by atoms with Gasteiger partial charge in [-0.25, -0.2) is 4.79 Å². The fourth-order valence-electron chi connectivity index (χ4n) is 12.2. The summed E-state index contributed by atoms with van der Waals surface area (Å²) < 4.78 is 27.0. The van der Waals surface area contributed by atoms with Crippen LogP contribution in [0, 0.1) is 46.3 Å². The molecule has 4 aliphatic carbocycles. The molecule has 0 aliphatic heterocycles. The summed E-state index contributed by atoms with van der Waals surface area (Å²) in [5, 5.41) is 49.6. The number of Topliss-reactive ketones (excluding diaryl/α,β-unsaturated/α-hetero) is 2. The summed E-state index contributed by atoms with van der Waals surface area (Å²) in [6.45, 7) is 15.4. The van der Waals surface area contributed by atoms with Crippen molar-refractivity contribution in [3.05, 3.63) is 0 Å². The Balaban J connectivity index is 0.000000576. The lowest BCUT2D eigenvalue weighted by atomic mass is 9.43. The number of aliphatic hydroxyl groups is 2. The molecule has 72 heavy (non-hydrogen) atoms. The van der Waals surface area contributed by atoms with Crippen molar-refractivity contribution in [3.8, 4) is 0 Å². The molecule has 0 saturated heterocycles. The van der Waals surface area contributed by atoms with Crippen LogP contribution in [0.1, 0.15) is 151 Å². The van der Waals surface area contributed by atoms with Crippen LogP contribution in [0.2, 0.25) is 0 Å². The summed E-state index contributed by atoms with van der Waals surface area (Å²) in [5.74, 6) is -1.37. The van der Waals surface area contributed by atoms with E-state index >= 15 is 0 Å². The molecule has 1 unspecified atom stereocenters. The molecule has 0 heterocycles. The fourth-order valence-corrected chi connectivity index (χ4v) is 12.2. The van der Waals surface area contributed by atoms with Gasteiger partial charge in [0.05, 0.1) is 38.1 Å². The zero-order chi connectivity index (χ0) is 53.3. The summed E-state index contributed by atoms with van der Waals surface area (Å²) in [4.78, 5) is 81.3. The molecule has 0 aromatic carbocycles. The third-order valence-corrected chi connectivity index (χ3v) is 16.2. The first-order valence-electron chi connectivity index (χ1n) is 26.9. The van der Waals surface area contributed by atoms with Gasteiger partial charge in [0, 0.05) is 65.0 Å². The molecule has 4 rings (SSSR count). The molecule has 4 aliphatic rings. The van der Waals surface area contributed by atoms with Crippen LogP contribution in [0.3, 0.4) is 0 Å². The highest BCUT2D eigenvalue weighted by Crippen LogP contribution is 2.68. The van der Waals surface area contributed by atoms with Crippen molar-refractivity contribution in [1.82, 2.24) is 16.0 Å². The highest BCUT2D eigenvalue weighted by Gasteiger charge is 2.65. The number of aliphatic hydroxyl groups excluding tert-OH is 2. The van der Waals surface area contributed by atoms with Crippen LogP contribution in [-0.4, -0.2) is 159 Å². The van der Waals surface area contributed by atoms with Crippen LogP contribution < -0.4 is 16.0 Å². The number of aliphatic carboxylic acids is 2. The van der Waals surface area contributed by atoms with Crippen molar-refractivity contribution in [3.63, 3.8) is 0 Å². The van der Waals surface area contributed by atoms with E-state index in [4.69, 9.17) is 28.8 Å². The number of rotatable bonds is 34. The smallest absolute Gasteiger partial charge is 0.326 e. The first-order valence-corrected chi connectivity index (χ1v) is 26.9. The quantitative estimate of drug-likeness (QED) is 0.0432. The van der Waals surface area contributed by atoms with Crippen molar-refractivity contribution >= 4 is 41.2 Å². The van der Waals surface area contributed by atoms with Crippen LogP contribution in [-0.2, 0) is 57.2 Å². The number of amides is 3. The zero-order valence-electron chi connectivity index (χ0n) is 44.3. The second kappa shape index (κ2) is 32.7. The summed E-state index contributed by atoms with van der Waals surface area (Å²) in [7, 11) is 0. The van der Waals surface area contributed by atoms with E-state index in [-0.39, 0.29) is 115 Å². The van der Waals surface area contributed by atoms with Gasteiger partial charge in [0.1, 0.15) is 25.9 Å². The number of carbonyl (C=O) groups is 7. The molecule has 19 heteroatoms. The lowest BCUT2D eigenvalue weighted by Crippen LogP contribution is -2.62. The maximum absolute atomic E-state index is 12.6. The Morgan fingerprint density at radius 2 is 1.36 bits per heavy atom. The normalized spacial score (nSPS) is 28.2. The van der Waals surface area contributed by atoms with Crippen molar-refractivity contribution in [1.29, 1.82) is 0 Å². The van der Waals surface area contributed by atoms with Crippen LogP contribution >= 0.6 is 0 Å². The van der Waals surface area contributed by atoms with E-state index in [1.165, 1.54) is 0 Å². The average Bonchev–Trinajstić information content (AvgIpc) is 3.71. The number of ketones is 2. The second-order valence-electron chi connectivity index (χ2n) is 20.9. The molecule has 4 saturated carbocycles. The number of carboxylic acid groups (broad SMARTS) is 2. The number of carbonyl (C=O) groups excluding carboxylic acids is 5. The van der Waals surface area contributed by atoms with Crippen LogP contribution in [0.4, 0.5) is 0 Å². The lowest BCUT2D eigenvalue weighted by molar-refractivity contribution is -0.209. The molecule has 7 N–H and O–H groups in total. The number of fused-ring (bicyclic) bond motifs is 5. The van der Waals surface area contributed by atoms with E-state index in [9.17, 15) is 48.9 Å². The predicted octanol–water partition coefficient (Wildman–Crippen LogP) is 4.65. The summed E-state index contributed by atoms with van der Waals surface area (Å²) in [6.07, 6.45) is 8.88. The van der Waals surface area contributed by atoms with Gasteiger partial charge in [0.15, 0.2) is 11.6 Å². The van der Waals surface area contributed by atoms with Gasteiger partial charge in [-0.15, -0.1) is 0 Å². The van der Waals surface area contributed by atoms with Crippen molar-refractivity contribution in [2.75, 3.05) is 72.6 Å². The molecule has 0 bridgehead atoms. The Labute approximate surface area is 427 Å². The number of hydrogen-bond donors (Lipinski definition) is 7. The first kappa shape index (κ1) is 62.7. The average molecular weight is 1030 g/mol. The molecule has 0 spiro atoms. The largest absolute Gasteiger partial charge is 0.481 e. The second-order valence-corrected chi connectivity index (χ2v) is 20.9. The van der Waals surface area contributed by atoms with Crippen molar-refractivity contribution in [2.45, 2.75) is 175 Å². The number of unbranched alkanes of at least 4 members (excludes halogenated alkanes) is 1. The molecule has 414 valence electrons. The van der Waals surface area contributed by atoms with E-state index in [0.29, 0.717) is 111 Å². The SMILES string of the molecule is CCOCC(=O)N[C@@H](CCCCNC(=O)CC)C(=O)O.CCOCCCC(=O)COCCOCCNC(=O)CCC(=O)CO[C@H]1CC[C@@]2(C)[C@@H](C1)C[C@@H](O)[C@H]1C3CC[C@H]([C@H](C)CCC(=O)O)[C@@]3(C)[C@@H](O)C[C@@H]12. The van der Waals surface area contributed by atoms with Gasteiger partial charge in [-0.1, -0.05) is 27.7 Å². The minimum Gasteiger partial charge on any atom is -0.481 e. The molecule has 4 fully saturated rings. The van der Waals surface area contributed by atoms with Gasteiger partial charge < -0.3 is 60.1 Å². The molecular weight excluding hydrogens is 935 g/mol. The minimum absolute atomic E-state index is 0.0233. The van der Waals surface area contributed by atoms with Gasteiger partial charge in [0.25, 0.3) is 0 Å². The molecule has 3 amide bonds. The van der Waals surface area contributed by atoms with Gasteiger partial charge >= 0.3 is 11.9 Å². The zero-order valence-corrected chi connectivity index (χ0v) is 44.3.